The number of nitrogens with one attached hydrogen (secondary N) is 1. The van der Waals surface area contributed by atoms with Crippen LogP contribution in [-0.2, 0) is 13.0 Å². The smallest absolute Gasteiger partial charge is 0.184 e. The van der Waals surface area contributed by atoms with Crippen molar-refractivity contribution < 1.29 is 5.11 Å². The van der Waals surface area contributed by atoms with Crippen molar-refractivity contribution in [3.63, 3.8) is 0 Å². The lowest BCUT2D eigenvalue weighted by atomic mass is 10.1. The Balaban J connectivity index is 2.18. The van der Waals surface area contributed by atoms with Crippen molar-refractivity contribution in [1.82, 2.24) is 29.7 Å². The van der Waals surface area contributed by atoms with Crippen molar-refractivity contribution in [2.24, 2.45) is 5.92 Å². The zero-order chi connectivity index (χ0) is 15.0. The molecule has 0 aromatic carbocycles. The SMILES string of the molecule is CC(C)Cc1nn(-c2ncnc3nc[nH]c23)c(Cl)c1CO. The predicted octanol–water partition coefficient (Wildman–Crippen LogP) is 1.88. The minimum atomic E-state index is -0.155. The van der Waals surface area contributed by atoms with E-state index >= 15 is 0 Å². The molecular formula is C13H15ClN6O. The fourth-order valence-electron chi connectivity index (χ4n) is 2.23. The third-order valence-corrected chi connectivity index (χ3v) is 3.56. The highest BCUT2D eigenvalue weighted by atomic mass is 35.5. The number of hydrogen-bond donors (Lipinski definition) is 2. The number of fused-ring (bicyclic) bond motifs is 1. The number of halogens is 1. The maximum atomic E-state index is 9.55. The van der Waals surface area contributed by atoms with Gasteiger partial charge in [0.25, 0.3) is 0 Å². The van der Waals surface area contributed by atoms with Crippen LogP contribution in [0.1, 0.15) is 25.1 Å². The molecule has 3 heterocycles. The van der Waals surface area contributed by atoms with Crippen molar-refractivity contribution in [2.45, 2.75) is 26.9 Å². The molecule has 3 aromatic heterocycles. The van der Waals surface area contributed by atoms with Gasteiger partial charge in [0.2, 0.25) is 0 Å². The van der Waals surface area contributed by atoms with Gasteiger partial charge in [-0.15, -0.1) is 0 Å². The van der Waals surface area contributed by atoms with Gasteiger partial charge in [0.1, 0.15) is 17.0 Å². The van der Waals surface area contributed by atoms with Gasteiger partial charge in [-0.25, -0.2) is 19.6 Å². The molecule has 0 saturated heterocycles. The van der Waals surface area contributed by atoms with Gasteiger partial charge in [-0.05, 0) is 12.3 Å². The second kappa shape index (κ2) is 5.42. The first-order chi connectivity index (χ1) is 10.1. The van der Waals surface area contributed by atoms with Gasteiger partial charge >= 0.3 is 0 Å². The van der Waals surface area contributed by atoms with Gasteiger partial charge in [-0.1, -0.05) is 25.4 Å². The topological polar surface area (TPSA) is 92.5 Å². The first-order valence-electron chi connectivity index (χ1n) is 6.63. The number of nitrogens with zero attached hydrogens (tertiary/aromatic N) is 5. The number of aliphatic hydroxyl groups is 1. The van der Waals surface area contributed by atoms with E-state index in [0.717, 1.165) is 12.1 Å². The summed E-state index contributed by atoms with van der Waals surface area (Å²) < 4.78 is 1.52. The maximum Gasteiger partial charge on any atom is 0.184 e. The van der Waals surface area contributed by atoms with E-state index in [1.54, 1.807) is 6.33 Å². The minimum absolute atomic E-state index is 0.155. The van der Waals surface area contributed by atoms with Crippen LogP contribution in [0.2, 0.25) is 5.15 Å². The van der Waals surface area contributed by atoms with E-state index in [4.69, 9.17) is 11.6 Å². The van der Waals surface area contributed by atoms with Gasteiger partial charge in [0.15, 0.2) is 11.5 Å². The largest absolute Gasteiger partial charge is 0.391 e. The lowest BCUT2D eigenvalue weighted by molar-refractivity contribution is 0.280. The first-order valence-corrected chi connectivity index (χ1v) is 7.01. The molecule has 0 atom stereocenters. The summed E-state index contributed by atoms with van der Waals surface area (Å²) in [6, 6.07) is 0. The zero-order valence-electron chi connectivity index (χ0n) is 11.7. The van der Waals surface area contributed by atoms with Crippen LogP contribution in [0.15, 0.2) is 12.7 Å². The molecule has 0 radical (unpaired) electrons. The van der Waals surface area contributed by atoms with Crippen LogP contribution in [-0.4, -0.2) is 34.8 Å². The number of rotatable bonds is 4. The van der Waals surface area contributed by atoms with E-state index in [-0.39, 0.29) is 6.61 Å². The Kier molecular flexibility index (Phi) is 3.60. The van der Waals surface area contributed by atoms with Crippen LogP contribution in [0, 0.1) is 5.92 Å². The van der Waals surface area contributed by atoms with Crippen molar-refractivity contribution in [3.05, 3.63) is 29.1 Å². The summed E-state index contributed by atoms with van der Waals surface area (Å²) in [5, 5.41) is 14.4. The summed E-state index contributed by atoms with van der Waals surface area (Å²) in [5.41, 5.74) is 2.62. The molecular weight excluding hydrogens is 292 g/mol. The third-order valence-electron chi connectivity index (χ3n) is 3.17. The van der Waals surface area contributed by atoms with E-state index < -0.39 is 0 Å². The van der Waals surface area contributed by atoms with Crippen molar-refractivity contribution in [2.75, 3.05) is 0 Å². The quantitative estimate of drug-likeness (QED) is 0.768. The first kappa shape index (κ1) is 14.0. The molecule has 0 aliphatic heterocycles. The average Bonchev–Trinajstić information content (AvgIpc) is 3.02. The van der Waals surface area contributed by atoms with Gasteiger partial charge in [-0.2, -0.15) is 5.10 Å². The number of aliphatic hydroxyl groups excluding tert-OH is 1. The predicted molar refractivity (Wildman–Crippen MR) is 78.3 cm³/mol. The standard InChI is InChI=1S/C13H15ClN6O/c1-7(2)3-9-8(4-21)11(14)20(19-9)13-10-12(16-5-15-10)17-6-18-13/h5-7,21H,3-4H2,1-2H3,(H,15,16,17,18). The van der Waals surface area contributed by atoms with Gasteiger partial charge in [0, 0.05) is 5.56 Å². The van der Waals surface area contributed by atoms with Crippen LogP contribution >= 0.6 is 11.6 Å². The molecule has 0 amide bonds. The molecule has 3 aromatic rings. The van der Waals surface area contributed by atoms with Gasteiger partial charge in [-0.3, -0.25) is 0 Å². The van der Waals surface area contributed by atoms with E-state index in [1.807, 2.05) is 0 Å². The maximum absolute atomic E-state index is 9.55. The third kappa shape index (κ3) is 2.38. The van der Waals surface area contributed by atoms with E-state index in [0.29, 0.717) is 33.6 Å². The van der Waals surface area contributed by atoms with Crippen molar-refractivity contribution in [3.8, 4) is 5.82 Å². The number of imidazole rings is 1. The van der Waals surface area contributed by atoms with Crippen LogP contribution < -0.4 is 0 Å². The summed E-state index contributed by atoms with van der Waals surface area (Å²) in [7, 11) is 0. The summed E-state index contributed by atoms with van der Waals surface area (Å²) in [6.45, 7) is 4.02. The van der Waals surface area contributed by atoms with Crippen LogP contribution in [0.5, 0.6) is 0 Å². The second-order valence-electron chi connectivity index (χ2n) is 5.18. The Bertz CT molecular complexity index is 778. The monoisotopic (exact) mass is 306 g/mol. The molecule has 0 aliphatic carbocycles. The Morgan fingerprint density at radius 1 is 1.33 bits per heavy atom. The highest BCUT2D eigenvalue weighted by Gasteiger charge is 2.20. The fraction of sp³-hybridized carbons (Fsp3) is 0.385. The van der Waals surface area contributed by atoms with E-state index in [9.17, 15) is 5.11 Å². The summed E-state index contributed by atoms with van der Waals surface area (Å²) in [4.78, 5) is 15.4. The molecule has 0 aliphatic rings. The molecule has 0 fully saturated rings. The van der Waals surface area contributed by atoms with Crippen molar-refractivity contribution in [1.29, 1.82) is 0 Å². The van der Waals surface area contributed by atoms with Crippen LogP contribution in [0.3, 0.4) is 0 Å². The second-order valence-corrected chi connectivity index (χ2v) is 5.54. The molecule has 110 valence electrons. The number of aromatic nitrogens is 6. The van der Waals surface area contributed by atoms with Gasteiger partial charge in [0.05, 0.1) is 18.6 Å². The summed E-state index contributed by atoms with van der Waals surface area (Å²) in [5.74, 6) is 0.930. The minimum Gasteiger partial charge on any atom is -0.391 e. The Hall–Kier alpha value is -1.99. The van der Waals surface area contributed by atoms with Crippen LogP contribution in [0.4, 0.5) is 0 Å². The highest BCUT2D eigenvalue weighted by molar-refractivity contribution is 6.30. The zero-order valence-corrected chi connectivity index (χ0v) is 12.5. The molecule has 0 spiro atoms. The molecule has 8 heteroatoms. The Labute approximate surface area is 126 Å². The molecule has 3 rings (SSSR count). The number of aromatic amines is 1. The number of H-pyrrole nitrogens is 1. The molecule has 2 N–H and O–H groups in total. The molecule has 21 heavy (non-hydrogen) atoms. The van der Waals surface area contributed by atoms with E-state index in [1.165, 1.54) is 11.0 Å². The molecule has 0 saturated carbocycles. The average molecular weight is 307 g/mol. The molecule has 0 unspecified atom stereocenters. The van der Waals surface area contributed by atoms with Crippen LogP contribution in [0.25, 0.3) is 17.0 Å². The lowest BCUT2D eigenvalue weighted by Crippen LogP contribution is -2.03. The molecule has 0 bridgehead atoms. The highest BCUT2D eigenvalue weighted by Crippen LogP contribution is 2.26. The Morgan fingerprint density at radius 3 is 2.86 bits per heavy atom. The Morgan fingerprint density at radius 2 is 2.14 bits per heavy atom. The summed E-state index contributed by atoms with van der Waals surface area (Å²) in [6.07, 6.45) is 3.69. The normalized spacial score (nSPS) is 11.7. The molecule has 7 nitrogen and oxygen atoms in total. The van der Waals surface area contributed by atoms with Crippen molar-refractivity contribution >= 4 is 22.8 Å². The lowest BCUT2D eigenvalue weighted by Gasteiger charge is -2.02. The number of hydrogen-bond acceptors (Lipinski definition) is 5. The summed E-state index contributed by atoms with van der Waals surface area (Å²) >= 11 is 6.36. The van der Waals surface area contributed by atoms with E-state index in [2.05, 4.69) is 38.9 Å². The fourth-order valence-corrected chi connectivity index (χ4v) is 2.52. The van der Waals surface area contributed by atoms with Gasteiger partial charge < -0.3 is 10.1 Å².